The third-order valence-corrected chi connectivity index (χ3v) is 5.65. The molecule has 1 aromatic carbocycles. The first-order valence-electron chi connectivity index (χ1n) is 11.3. The summed E-state index contributed by atoms with van der Waals surface area (Å²) in [5, 5.41) is 12.1. The van der Waals surface area contributed by atoms with Crippen LogP contribution in [0.5, 0.6) is 5.75 Å². The minimum absolute atomic E-state index is 0.00913. The standard InChI is InChI=1S/C25H30N4O4/c1-2-32-24(30)6-5-20-4-3-19(18-26)17-23(20)33-16-13-28-25(31)21-9-14-29(15-10-21)22-7-11-27-12-8-22/h3-4,7-8,11-12,17,21H,2,5-6,9-10,13-16H2,1H3,(H,28,31). The van der Waals surface area contributed by atoms with Gasteiger partial charge in [0.15, 0.2) is 0 Å². The highest BCUT2D eigenvalue weighted by Gasteiger charge is 2.24. The number of aromatic nitrogens is 1. The first kappa shape index (κ1) is 24.1. The van der Waals surface area contributed by atoms with Gasteiger partial charge in [0.1, 0.15) is 12.4 Å². The summed E-state index contributed by atoms with van der Waals surface area (Å²) in [6, 6.07) is 11.2. The van der Waals surface area contributed by atoms with Gasteiger partial charge in [-0.3, -0.25) is 14.6 Å². The lowest BCUT2D eigenvalue weighted by atomic mass is 9.95. The number of aryl methyl sites for hydroxylation is 1. The Labute approximate surface area is 194 Å². The van der Waals surface area contributed by atoms with Crippen molar-refractivity contribution in [2.75, 3.05) is 37.7 Å². The van der Waals surface area contributed by atoms with Gasteiger partial charge in [-0.25, -0.2) is 0 Å². The third-order valence-electron chi connectivity index (χ3n) is 5.65. The summed E-state index contributed by atoms with van der Waals surface area (Å²) in [5.74, 6) is 0.319. The summed E-state index contributed by atoms with van der Waals surface area (Å²) in [4.78, 5) is 30.6. The number of hydrogen-bond acceptors (Lipinski definition) is 7. The largest absolute Gasteiger partial charge is 0.491 e. The molecule has 1 aromatic heterocycles. The molecule has 3 rings (SSSR count). The van der Waals surface area contributed by atoms with E-state index in [9.17, 15) is 14.9 Å². The fraction of sp³-hybridized carbons (Fsp3) is 0.440. The van der Waals surface area contributed by atoms with E-state index in [2.05, 4.69) is 21.3 Å². The van der Waals surface area contributed by atoms with Crippen LogP contribution in [0.2, 0.25) is 0 Å². The Morgan fingerprint density at radius 2 is 1.97 bits per heavy atom. The number of nitrogens with zero attached hydrogens (tertiary/aromatic N) is 3. The highest BCUT2D eigenvalue weighted by atomic mass is 16.5. The predicted molar refractivity (Wildman–Crippen MR) is 124 cm³/mol. The van der Waals surface area contributed by atoms with Crippen LogP contribution < -0.4 is 15.0 Å². The minimum Gasteiger partial charge on any atom is -0.491 e. The number of amides is 1. The zero-order chi connectivity index (χ0) is 23.5. The molecule has 2 aromatic rings. The SMILES string of the molecule is CCOC(=O)CCc1ccc(C#N)cc1OCCNC(=O)C1CCN(c2ccncc2)CC1. The highest BCUT2D eigenvalue weighted by molar-refractivity contribution is 5.79. The summed E-state index contributed by atoms with van der Waals surface area (Å²) in [6.07, 6.45) is 5.87. The average Bonchev–Trinajstić information content (AvgIpc) is 2.86. The molecule has 1 amide bonds. The molecule has 8 heteroatoms. The first-order valence-corrected chi connectivity index (χ1v) is 11.3. The van der Waals surface area contributed by atoms with Crippen LogP contribution in [0, 0.1) is 17.2 Å². The smallest absolute Gasteiger partial charge is 0.306 e. The van der Waals surface area contributed by atoms with Crippen molar-refractivity contribution >= 4 is 17.6 Å². The fourth-order valence-electron chi connectivity index (χ4n) is 3.87. The number of nitrogens with one attached hydrogen (secondary N) is 1. The van der Waals surface area contributed by atoms with E-state index in [1.165, 1.54) is 0 Å². The van der Waals surface area contributed by atoms with Gasteiger partial charge in [-0.1, -0.05) is 6.07 Å². The number of anilines is 1. The van der Waals surface area contributed by atoms with Gasteiger partial charge in [0.2, 0.25) is 5.91 Å². The Kier molecular flexibility index (Phi) is 9.07. The van der Waals surface area contributed by atoms with Gasteiger partial charge in [-0.15, -0.1) is 0 Å². The van der Waals surface area contributed by atoms with Gasteiger partial charge >= 0.3 is 5.97 Å². The molecule has 0 aliphatic carbocycles. The maximum atomic E-state index is 12.6. The van der Waals surface area contributed by atoms with Crippen molar-refractivity contribution < 1.29 is 19.1 Å². The highest BCUT2D eigenvalue weighted by Crippen LogP contribution is 2.24. The van der Waals surface area contributed by atoms with Gasteiger partial charge in [-0.2, -0.15) is 5.26 Å². The summed E-state index contributed by atoms with van der Waals surface area (Å²) < 4.78 is 10.8. The zero-order valence-electron chi connectivity index (χ0n) is 19.0. The summed E-state index contributed by atoms with van der Waals surface area (Å²) in [7, 11) is 0. The van der Waals surface area contributed by atoms with E-state index in [-0.39, 0.29) is 30.8 Å². The maximum absolute atomic E-state index is 12.6. The number of carbonyl (C=O) groups is 2. The monoisotopic (exact) mass is 450 g/mol. The Hall–Kier alpha value is -3.60. The van der Waals surface area contributed by atoms with E-state index in [0.29, 0.717) is 30.9 Å². The van der Waals surface area contributed by atoms with E-state index in [1.807, 2.05) is 12.1 Å². The molecular formula is C25H30N4O4. The molecule has 1 aliphatic rings. The molecule has 1 N–H and O–H groups in total. The average molecular weight is 451 g/mol. The third kappa shape index (κ3) is 7.21. The van der Waals surface area contributed by atoms with Gasteiger partial charge in [0.25, 0.3) is 0 Å². The van der Waals surface area contributed by atoms with Crippen molar-refractivity contribution in [1.82, 2.24) is 10.3 Å². The predicted octanol–water partition coefficient (Wildman–Crippen LogP) is 2.86. The van der Waals surface area contributed by atoms with Gasteiger partial charge in [0.05, 0.1) is 24.8 Å². The molecule has 8 nitrogen and oxygen atoms in total. The number of esters is 1. The van der Waals surface area contributed by atoms with Gasteiger partial charge in [-0.05, 0) is 56.0 Å². The second-order valence-corrected chi connectivity index (χ2v) is 7.85. The first-order chi connectivity index (χ1) is 16.1. The fourth-order valence-corrected chi connectivity index (χ4v) is 3.87. The van der Waals surface area contributed by atoms with Crippen molar-refractivity contribution in [2.24, 2.45) is 5.92 Å². The van der Waals surface area contributed by atoms with Crippen LogP contribution in [0.4, 0.5) is 5.69 Å². The molecule has 0 atom stereocenters. The number of piperidine rings is 1. The zero-order valence-corrected chi connectivity index (χ0v) is 19.0. The Bertz CT molecular complexity index is 966. The van der Waals surface area contributed by atoms with Crippen LogP contribution in [-0.4, -0.2) is 49.7 Å². The Balaban J connectivity index is 1.44. The molecule has 1 saturated heterocycles. The van der Waals surface area contributed by atoms with Crippen LogP contribution in [0.15, 0.2) is 42.7 Å². The maximum Gasteiger partial charge on any atom is 0.306 e. The summed E-state index contributed by atoms with van der Waals surface area (Å²) in [6.45, 7) is 4.44. The van der Waals surface area contributed by atoms with Crippen LogP contribution >= 0.6 is 0 Å². The molecule has 1 fully saturated rings. The molecule has 1 aliphatic heterocycles. The van der Waals surface area contributed by atoms with Crippen LogP contribution in [-0.2, 0) is 20.7 Å². The molecule has 174 valence electrons. The van der Waals surface area contributed by atoms with Crippen molar-refractivity contribution in [2.45, 2.75) is 32.6 Å². The van der Waals surface area contributed by atoms with Crippen LogP contribution in [0.1, 0.15) is 37.3 Å². The quantitative estimate of drug-likeness (QED) is 0.438. The number of hydrogen-bond donors (Lipinski definition) is 1. The van der Waals surface area contributed by atoms with E-state index in [4.69, 9.17) is 9.47 Å². The van der Waals surface area contributed by atoms with E-state index in [1.54, 1.807) is 37.5 Å². The van der Waals surface area contributed by atoms with Crippen molar-refractivity contribution in [3.05, 3.63) is 53.9 Å². The lowest BCUT2D eigenvalue weighted by Crippen LogP contribution is -2.41. The molecule has 33 heavy (non-hydrogen) atoms. The summed E-state index contributed by atoms with van der Waals surface area (Å²) in [5.41, 5.74) is 2.45. The number of rotatable bonds is 10. The molecule has 0 bridgehead atoms. The van der Waals surface area contributed by atoms with E-state index < -0.39 is 0 Å². The minimum atomic E-state index is -0.268. The number of benzene rings is 1. The van der Waals surface area contributed by atoms with Gasteiger partial charge in [0, 0.05) is 43.5 Å². The molecule has 2 heterocycles. The van der Waals surface area contributed by atoms with Crippen LogP contribution in [0.3, 0.4) is 0 Å². The second kappa shape index (κ2) is 12.4. The second-order valence-electron chi connectivity index (χ2n) is 7.85. The van der Waals surface area contributed by atoms with E-state index >= 15 is 0 Å². The molecule has 0 unspecified atom stereocenters. The van der Waals surface area contributed by atoms with Crippen molar-refractivity contribution in [1.29, 1.82) is 5.26 Å². The number of ether oxygens (including phenoxy) is 2. The van der Waals surface area contributed by atoms with Crippen molar-refractivity contribution in [3.8, 4) is 11.8 Å². The number of pyridine rings is 1. The summed E-state index contributed by atoms with van der Waals surface area (Å²) >= 11 is 0. The number of nitriles is 1. The molecular weight excluding hydrogens is 420 g/mol. The van der Waals surface area contributed by atoms with E-state index in [0.717, 1.165) is 37.2 Å². The normalized spacial score (nSPS) is 13.8. The van der Waals surface area contributed by atoms with Gasteiger partial charge < -0.3 is 19.7 Å². The Morgan fingerprint density at radius 1 is 1.21 bits per heavy atom. The lowest BCUT2D eigenvalue weighted by molar-refractivity contribution is -0.143. The molecule has 0 radical (unpaired) electrons. The molecule has 0 saturated carbocycles. The number of carbonyl (C=O) groups excluding carboxylic acids is 2. The topological polar surface area (TPSA) is 105 Å². The Morgan fingerprint density at radius 3 is 2.67 bits per heavy atom. The lowest BCUT2D eigenvalue weighted by Gasteiger charge is -2.32. The van der Waals surface area contributed by atoms with Crippen molar-refractivity contribution in [3.63, 3.8) is 0 Å². The molecule has 0 spiro atoms. The van der Waals surface area contributed by atoms with Crippen LogP contribution in [0.25, 0.3) is 0 Å².